The number of carbonyl (C=O) groups is 1. The fourth-order valence-corrected chi connectivity index (χ4v) is 6.61. The highest BCUT2D eigenvalue weighted by Gasteiger charge is 2.49. The molecule has 0 unspecified atom stereocenters. The van der Waals surface area contributed by atoms with E-state index < -0.39 is 27.6 Å². The van der Waals surface area contributed by atoms with Gasteiger partial charge in [0.05, 0.1) is 23.2 Å². The minimum atomic E-state index is -3.17. The molecule has 0 bridgehead atoms. The van der Waals surface area contributed by atoms with Gasteiger partial charge in [-0.25, -0.2) is 12.8 Å². The first kappa shape index (κ1) is 15.8. The van der Waals surface area contributed by atoms with Crippen LogP contribution < -0.4 is 4.90 Å². The van der Waals surface area contributed by atoms with Gasteiger partial charge in [0.1, 0.15) is 11.7 Å². The van der Waals surface area contributed by atoms with Crippen molar-refractivity contribution < 1.29 is 17.6 Å². The molecule has 2 saturated heterocycles. The van der Waals surface area contributed by atoms with Crippen LogP contribution in [0.3, 0.4) is 0 Å². The third-order valence-electron chi connectivity index (χ3n) is 3.51. The Morgan fingerprint density at radius 3 is 2.82 bits per heavy atom. The molecule has 2 aliphatic heterocycles. The van der Waals surface area contributed by atoms with E-state index in [1.54, 1.807) is 18.2 Å². The van der Waals surface area contributed by atoms with Crippen molar-refractivity contribution in [3.8, 4) is 0 Å². The molecule has 118 valence electrons. The standard InChI is InChI=1S/C13H12ClFN2O3S2/c14-5-12(18)16-13-17(9-4-2-1-3-8(9)15)10-6-22(19,20)7-11(10)21-13/h1-4,10-11H,5-7H2/t10-,11+/m1/s1. The molecule has 0 saturated carbocycles. The molecule has 0 aromatic heterocycles. The number of rotatable bonds is 2. The van der Waals surface area contributed by atoms with E-state index in [2.05, 4.69) is 4.99 Å². The Morgan fingerprint density at radius 1 is 1.41 bits per heavy atom. The molecular formula is C13H12ClFN2O3S2. The average molecular weight is 363 g/mol. The van der Waals surface area contributed by atoms with Gasteiger partial charge >= 0.3 is 0 Å². The number of carbonyl (C=O) groups excluding carboxylic acids is 1. The number of thioether (sulfide) groups is 1. The number of benzene rings is 1. The molecule has 2 fully saturated rings. The molecule has 0 N–H and O–H groups in total. The molecule has 1 amide bonds. The molecule has 2 atom stereocenters. The Balaban J connectivity index is 2.05. The summed E-state index contributed by atoms with van der Waals surface area (Å²) in [5.74, 6) is -1.37. The SMILES string of the molecule is O=C(CCl)N=C1S[C@H]2CS(=O)(=O)C[C@H]2N1c1ccccc1F. The van der Waals surface area contributed by atoms with Crippen molar-refractivity contribution in [3.63, 3.8) is 0 Å². The third-order valence-corrected chi connectivity index (χ3v) is 6.95. The molecule has 9 heteroatoms. The molecule has 0 spiro atoms. The highest BCUT2D eigenvalue weighted by molar-refractivity contribution is 8.16. The number of halogens is 2. The topological polar surface area (TPSA) is 66.8 Å². The van der Waals surface area contributed by atoms with Crippen LogP contribution in [0, 0.1) is 5.82 Å². The van der Waals surface area contributed by atoms with Gasteiger partial charge in [0.15, 0.2) is 15.0 Å². The zero-order valence-corrected chi connectivity index (χ0v) is 13.7. The average Bonchev–Trinajstić information content (AvgIpc) is 2.91. The van der Waals surface area contributed by atoms with E-state index in [1.165, 1.54) is 22.7 Å². The number of para-hydroxylation sites is 1. The third kappa shape index (κ3) is 2.87. The molecular weight excluding hydrogens is 351 g/mol. The number of amidine groups is 1. The summed E-state index contributed by atoms with van der Waals surface area (Å²) in [4.78, 5) is 16.9. The molecule has 1 aromatic rings. The largest absolute Gasteiger partial charge is 0.313 e. The number of hydrogen-bond acceptors (Lipinski definition) is 4. The van der Waals surface area contributed by atoms with Crippen molar-refractivity contribution in [3.05, 3.63) is 30.1 Å². The molecule has 22 heavy (non-hydrogen) atoms. The molecule has 2 aliphatic rings. The minimum absolute atomic E-state index is 0.00136. The lowest BCUT2D eigenvalue weighted by atomic mass is 10.2. The second kappa shape index (κ2) is 5.82. The monoisotopic (exact) mass is 362 g/mol. The van der Waals surface area contributed by atoms with Crippen LogP contribution in [0.25, 0.3) is 0 Å². The van der Waals surface area contributed by atoms with Crippen molar-refractivity contribution in [1.29, 1.82) is 0 Å². The highest BCUT2D eigenvalue weighted by Crippen LogP contribution is 2.41. The van der Waals surface area contributed by atoms with Crippen LogP contribution in [0.5, 0.6) is 0 Å². The lowest BCUT2D eigenvalue weighted by molar-refractivity contribution is -0.115. The van der Waals surface area contributed by atoms with Crippen molar-refractivity contribution in [1.82, 2.24) is 0 Å². The molecule has 0 aliphatic carbocycles. The normalized spacial score (nSPS) is 28.1. The smallest absolute Gasteiger partial charge is 0.262 e. The number of nitrogens with zero attached hydrogens (tertiary/aromatic N) is 2. The van der Waals surface area contributed by atoms with Gasteiger partial charge < -0.3 is 4.90 Å². The molecule has 1 aromatic carbocycles. The minimum Gasteiger partial charge on any atom is -0.313 e. The second-order valence-corrected chi connectivity index (χ2v) is 8.67. The first-order chi connectivity index (χ1) is 10.4. The summed E-state index contributed by atoms with van der Waals surface area (Å²) in [5, 5.41) is 0.0483. The Labute approximate surface area is 136 Å². The zero-order chi connectivity index (χ0) is 15.9. The number of fused-ring (bicyclic) bond motifs is 1. The van der Waals surface area contributed by atoms with Gasteiger partial charge in [0, 0.05) is 5.25 Å². The van der Waals surface area contributed by atoms with E-state index in [4.69, 9.17) is 11.6 Å². The summed E-state index contributed by atoms with van der Waals surface area (Å²) in [7, 11) is -3.17. The zero-order valence-electron chi connectivity index (χ0n) is 11.3. The van der Waals surface area contributed by atoms with Gasteiger partial charge in [-0.2, -0.15) is 4.99 Å². The van der Waals surface area contributed by atoms with Crippen LogP contribution in [0.2, 0.25) is 0 Å². The van der Waals surface area contributed by atoms with Gasteiger partial charge in [-0.15, -0.1) is 11.6 Å². The molecule has 5 nitrogen and oxygen atoms in total. The highest BCUT2D eigenvalue weighted by atomic mass is 35.5. The summed E-state index contributed by atoms with van der Waals surface area (Å²) in [6.45, 7) is 0. The van der Waals surface area contributed by atoms with E-state index in [9.17, 15) is 17.6 Å². The molecule has 3 rings (SSSR count). The Kier molecular flexibility index (Phi) is 4.17. The van der Waals surface area contributed by atoms with Gasteiger partial charge in [-0.1, -0.05) is 23.9 Å². The number of hydrogen-bond donors (Lipinski definition) is 0. The van der Waals surface area contributed by atoms with Crippen molar-refractivity contribution in [2.75, 3.05) is 22.3 Å². The van der Waals surface area contributed by atoms with Gasteiger partial charge in [0.25, 0.3) is 5.91 Å². The Morgan fingerprint density at radius 2 is 2.14 bits per heavy atom. The molecule has 0 radical (unpaired) electrons. The van der Waals surface area contributed by atoms with E-state index >= 15 is 0 Å². The van der Waals surface area contributed by atoms with E-state index in [0.717, 1.165) is 0 Å². The van der Waals surface area contributed by atoms with E-state index in [0.29, 0.717) is 5.17 Å². The van der Waals surface area contributed by atoms with Crippen LogP contribution in [-0.4, -0.2) is 48.2 Å². The second-order valence-electron chi connectivity index (χ2n) is 5.04. The van der Waals surface area contributed by atoms with Crippen LogP contribution in [0.4, 0.5) is 10.1 Å². The van der Waals surface area contributed by atoms with E-state index in [-0.39, 0.29) is 28.3 Å². The predicted octanol–water partition coefficient (Wildman–Crippen LogP) is 1.67. The van der Waals surface area contributed by atoms with Crippen LogP contribution in [0.15, 0.2) is 29.3 Å². The van der Waals surface area contributed by atoms with Crippen LogP contribution in [-0.2, 0) is 14.6 Å². The maximum absolute atomic E-state index is 14.1. The van der Waals surface area contributed by atoms with Crippen molar-refractivity contribution >= 4 is 50.0 Å². The van der Waals surface area contributed by atoms with Crippen molar-refractivity contribution in [2.24, 2.45) is 4.99 Å². The molecule has 2 heterocycles. The summed E-state index contributed by atoms with van der Waals surface area (Å²) in [6, 6.07) is 5.61. The number of sulfone groups is 1. The summed E-state index contributed by atoms with van der Waals surface area (Å²) in [6.07, 6.45) is 0. The van der Waals surface area contributed by atoms with Gasteiger partial charge in [-0.05, 0) is 12.1 Å². The maximum atomic E-state index is 14.1. The number of alkyl halides is 1. The summed E-state index contributed by atoms with van der Waals surface area (Å²) < 4.78 is 37.8. The quantitative estimate of drug-likeness (QED) is 0.749. The first-order valence-corrected chi connectivity index (χ1v) is 9.73. The van der Waals surface area contributed by atoms with Crippen molar-refractivity contribution in [2.45, 2.75) is 11.3 Å². The van der Waals surface area contributed by atoms with Gasteiger partial charge in [-0.3, -0.25) is 4.79 Å². The first-order valence-electron chi connectivity index (χ1n) is 6.49. The summed E-state index contributed by atoms with van der Waals surface area (Å²) in [5.41, 5.74) is 0.223. The number of aliphatic imine (C=N–C) groups is 1. The number of amides is 1. The summed E-state index contributed by atoms with van der Waals surface area (Å²) >= 11 is 6.66. The Bertz CT molecular complexity index is 753. The predicted molar refractivity (Wildman–Crippen MR) is 85.9 cm³/mol. The lowest BCUT2D eigenvalue weighted by Crippen LogP contribution is -2.38. The van der Waals surface area contributed by atoms with Gasteiger partial charge in [0.2, 0.25) is 0 Å². The fraction of sp³-hybridized carbons (Fsp3) is 0.385. The number of anilines is 1. The fourth-order valence-electron chi connectivity index (χ4n) is 2.63. The van der Waals surface area contributed by atoms with E-state index in [1.807, 2.05) is 0 Å². The van der Waals surface area contributed by atoms with Crippen LogP contribution >= 0.6 is 23.4 Å². The lowest BCUT2D eigenvalue weighted by Gasteiger charge is -2.24. The Hall–Kier alpha value is -1.12. The maximum Gasteiger partial charge on any atom is 0.262 e. The van der Waals surface area contributed by atoms with Crippen LogP contribution in [0.1, 0.15) is 0 Å².